The highest BCUT2D eigenvalue weighted by Crippen LogP contribution is 2.30. The SMILES string of the molecule is Cc1nc2sccn2c1CN1C[C@H]2CC[C@@H](C1)N(Cc1ccccn1)C2. The van der Waals surface area contributed by atoms with E-state index in [0.717, 1.165) is 30.5 Å². The average Bonchev–Trinajstić information content (AvgIpc) is 3.08. The molecule has 0 aromatic carbocycles. The minimum Gasteiger partial charge on any atom is -0.296 e. The molecule has 0 saturated carbocycles. The Morgan fingerprint density at radius 3 is 3.00 bits per heavy atom. The number of hydrogen-bond donors (Lipinski definition) is 0. The largest absolute Gasteiger partial charge is 0.296 e. The second-order valence-corrected chi connectivity index (χ2v) is 8.61. The molecule has 0 aliphatic carbocycles. The van der Waals surface area contributed by atoms with Crippen LogP contribution in [0.5, 0.6) is 0 Å². The Balaban J connectivity index is 1.33. The van der Waals surface area contributed by atoms with E-state index in [0.29, 0.717) is 6.04 Å². The number of aryl methyl sites for hydroxylation is 1. The van der Waals surface area contributed by atoms with Crippen LogP contribution in [0.4, 0.5) is 0 Å². The molecule has 6 heteroatoms. The van der Waals surface area contributed by atoms with Gasteiger partial charge in [0.15, 0.2) is 4.96 Å². The van der Waals surface area contributed by atoms with Gasteiger partial charge in [0.05, 0.1) is 17.1 Å². The second kappa shape index (κ2) is 6.76. The van der Waals surface area contributed by atoms with Crippen LogP contribution in [0, 0.1) is 12.8 Å². The van der Waals surface area contributed by atoms with Gasteiger partial charge in [-0.3, -0.25) is 19.2 Å². The third-order valence-corrected chi connectivity index (χ3v) is 6.69. The normalized spacial score (nSPS) is 24.3. The fraction of sp³-hybridized carbons (Fsp3) is 0.500. The summed E-state index contributed by atoms with van der Waals surface area (Å²) in [7, 11) is 0. The smallest absolute Gasteiger partial charge is 0.194 e. The molecule has 3 aliphatic rings. The van der Waals surface area contributed by atoms with Crippen molar-refractivity contribution in [1.82, 2.24) is 24.2 Å². The van der Waals surface area contributed by atoms with E-state index in [1.165, 1.54) is 43.0 Å². The maximum Gasteiger partial charge on any atom is 0.194 e. The van der Waals surface area contributed by atoms with Crippen molar-refractivity contribution >= 4 is 16.3 Å². The van der Waals surface area contributed by atoms with Crippen molar-refractivity contribution < 1.29 is 0 Å². The number of pyridine rings is 1. The molecular weight excluding hydrogens is 342 g/mol. The van der Waals surface area contributed by atoms with E-state index in [1.54, 1.807) is 11.3 Å². The Bertz CT molecular complexity index is 886. The topological polar surface area (TPSA) is 36.7 Å². The Morgan fingerprint density at radius 2 is 2.12 bits per heavy atom. The highest BCUT2D eigenvalue weighted by molar-refractivity contribution is 7.15. The third kappa shape index (κ3) is 3.06. The zero-order valence-corrected chi connectivity index (χ0v) is 16.0. The number of piperidine rings is 1. The minimum absolute atomic E-state index is 0.641. The molecule has 3 aliphatic heterocycles. The maximum atomic E-state index is 4.72. The lowest BCUT2D eigenvalue weighted by Crippen LogP contribution is -2.43. The molecule has 3 saturated heterocycles. The summed E-state index contributed by atoms with van der Waals surface area (Å²) in [6, 6.07) is 6.89. The number of nitrogens with zero attached hydrogens (tertiary/aromatic N) is 5. The predicted molar refractivity (Wildman–Crippen MR) is 104 cm³/mol. The van der Waals surface area contributed by atoms with Crippen molar-refractivity contribution in [2.75, 3.05) is 19.6 Å². The zero-order chi connectivity index (χ0) is 17.5. The molecule has 0 amide bonds. The van der Waals surface area contributed by atoms with Crippen LogP contribution in [-0.2, 0) is 13.1 Å². The number of fused-ring (bicyclic) bond motifs is 5. The molecule has 136 valence electrons. The van der Waals surface area contributed by atoms with Crippen LogP contribution in [0.15, 0.2) is 36.0 Å². The van der Waals surface area contributed by atoms with Gasteiger partial charge in [0.1, 0.15) is 0 Å². The molecular formula is C20H25N5S. The number of rotatable bonds is 4. The summed E-state index contributed by atoms with van der Waals surface area (Å²) in [5.74, 6) is 0.767. The second-order valence-electron chi connectivity index (χ2n) is 7.74. The molecule has 0 N–H and O–H groups in total. The summed E-state index contributed by atoms with van der Waals surface area (Å²) < 4.78 is 2.28. The van der Waals surface area contributed by atoms with Gasteiger partial charge in [-0.25, -0.2) is 4.98 Å². The van der Waals surface area contributed by atoms with Crippen molar-refractivity contribution in [3.63, 3.8) is 0 Å². The van der Waals surface area contributed by atoms with Gasteiger partial charge in [-0.05, 0) is 37.8 Å². The maximum absolute atomic E-state index is 4.72. The molecule has 5 nitrogen and oxygen atoms in total. The van der Waals surface area contributed by atoms with Gasteiger partial charge in [0, 0.05) is 56.5 Å². The predicted octanol–water partition coefficient (Wildman–Crippen LogP) is 3.20. The van der Waals surface area contributed by atoms with E-state index >= 15 is 0 Å². The van der Waals surface area contributed by atoms with Gasteiger partial charge in [0.25, 0.3) is 0 Å². The van der Waals surface area contributed by atoms with Gasteiger partial charge in [-0.15, -0.1) is 11.3 Å². The fourth-order valence-electron chi connectivity index (χ4n) is 4.64. The Labute approximate surface area is 158 Å². The molecule has 26 heavy (non-hydrogen) atoms. The summed E-state index contributed by atoms with van der Waals surface area (Å²) in [5.41, 5.74) is 3.73. The molecule has 0 unspecified atom stereocenters. The molecule has 2 bridgehead atoms. The lowest BCUT2D eigenvalue weighted by molar-refractivity contribution is 0.121. The molecule has 6 heterocycles. The summed E-state index contributed by atoms with van der Waals surface area (Å²) in [4.78, 5) is 15.7. The first-order valence-electron chi connectivity index (χ1n) is 9.53. The summed E-state index contributed by atoms with van der Waals surface area (Å²) in [6.45, 7) is 7.70. The number of imidazole rings is 1. The van der Waals surface area contributed by atoms with Crippen molar-refractivity contribution in [1.29, 1.82) is 0 Å². The standard InChI is InChI=1S/C20H25N5S/c1-15-19(25-8-9-26-20(25)22-15)14-23-10-16-5-6-18(13-23)24(11-16)12-17-4-2-3-7-21-17/h2-4,7-9,16,18H,5-6,10-14H2,1H3/t16-,18+/m1/s1. The van der Waals surface area contributed by atoms with Crippen LogP contribution in [0.1, 0.15) is 29.9 Å². The molecule has 0 spiro atoms. The van der Waals surface area contributed by atoms with E-state index in [-0.39, 0.29) is 0 Å². The van der Waals surface area contributed by atoms with E-state index in [9.17, 15) is 0 Å². The minimum atomic E-state index is 0.641. The van der Waals surface area contributed by atoms with Gasteiger partial charge < -0.3 is 0 Å². The van der Waals surface area contributed by atoms with Crippen LogP contribution >= 0.6 is 11.3 Å². The van der Waals surface area contributed by atoms with Crippen LogP contribution in [-0.4, -0.2) is 49.8 Å². The quantitative estimate of drug-likeness (QED) is 0.710. The Morgan fingerprint density at radius 1 is 1.15 bits per heavy atom. The van der Waals surface area contributed by atoms with Crippen molar-refractivity contribution in [2.45, 2.75) is 38.9 Å². The fourth-order valence-corrected chi connectivity index (χ4v) is 5.42. The average molecular weight is 368 g/mol. The van der Waals surface area contributed by atoms with Crippen LogP contribution < -0.4 is 0 Å². The lowest BCUT2D eigenvalue weighted by atomic mass is 9.95. The van der Waals surface area contributed by atoms with E-state index in [4.69, 9.17) is 4.98 Å². The van der Waals surface area contributed by atoms with Crippen LogP contribution in [0.25, 0.3) is 4.96 Å². The monoisotopic (exact) mass is 367 g/mol. The van der Waals surface area contributed by atoms with Gasteiger partial charge >= 0.3 is 0 Å². The molecule has 3 aromatic heterocycles. The Kier molecular flexibility index (Phi) is 4.27. The highest BCUT2D eigenvalue weighted by Gasteiger charge is 2.35. The molecule has 3 aromatic rings. The van der Waals surface area contributed by atoms with Gasteiger partial charge in [-0.2, -0.15) is 0 Å². The molecule has 6 rings (SSSR count). The summed E-state index contributed by atoms with van der Waals surface area (Å²) in [5, 5.41) is 2.13. The summed E-state index contributed by atoms with van der Waals surface area (Å²) >= 11 is 1.72. The van der Waals surface area contributed by atoms with Crippen LogP contribution in [0.3, 0.4) is 0 Å². The molecule has 3 fully saturated rings. The number of hydrogen-bond acceptors (Lipinski definition) is 5. The van der Waals surface area contributed by atoms with Crippen molar-refractivity contribution in [3.8, 4) is 0 Å². The lowest BCUT2D eigenvalue weighted by Gasteiger charge is -2.35. The van der Waals surface area contributed by atoms with Crippen molar-refractivity contribution in [2.24, 2.45) is 5.92 Å². The zero-order valence-electron chi connectivity index (χ0n) is 15.2. The first-order valence-corrected chi connectivity index (χ1v) is 10.4. The molecule has 2 atom stereocenters. The summed E-state index contributed by atoms with van der Waals surface area (Å²) in [6.07, 6.45) is 6.74. The first kappa shape index (κ1) is 16.4. The highest BCUT2D eigenvalue weighted by atomic mass is 32.1. The van der Waals surface area contributed by atoms with Gasteiger partial charge in [0.2, 0.25) is 0 Å². The van der Waals surface area contributed by atoms with E-state index in [1.807, 2.05) is 12.3 Å². The third-order valence-electron chi connectivity index (χ3n) is 5.93. The number of aromatic nitrogens is 3. The van der Waals surface area contributed by atoms with Crippen LogP contribution in [0.2, 0.25) is 0 Å². The number of thiazole rings is 1. The van der Waals surface area contributed by atoms with Crippen molar-refractivity contribution in [3.05, 3.63) is 53.1 Å². The Hall–Kier alpha value is -1.76. The molecule has 0 radical (unpaired) electrons. The van der Waals surface area contributed by atoms with Gasteiger partial charge in [-0.1, -0.05) is 6.07 Å². The van der Waals surface area contributed by atoms with E-state index < -0.39 is 0 Å². The van der Waals surface area contributed by atoms with E-state index in [2.05, 4.69) is 49.8 Å². The first-order chi connectivity index (χ1) is 12.8.